The fourth-order valence-corrected chi connectivity index (χ4v) is 4.01. The summed E-state index contributed by atoms with van der Waals surface area (Å²) in [7, 11) is 1.36. The van der Waals surface area contributed by atoms with E-state index in [9.17, 15) is 9.59 Å². The van der Waals surface area contributed by atoms with Gasteiger partial charge in [0.1, 0.15) is 0 Å². The quantitative estimate of drug-likeness (QED) is 0.599. The predicted octanol–water partition coefficient (Wildman–Crippen LogP) is 3.90. The van der Waals surface area contributed by atoms with Gasteiger partial charge in [0, 0.05) is 13.1 Å². The standard InChI is InChI=1S/C25H32N2O5/c1-4-31-22-15-19-12-14-27(25(29)26-13-11-18-9-7-6-8-10-18)21(17-24(28)30-3)20(19)16-23(22)32-5-2/h6-10,15-16,21H,4-5,11-14,17H2,1-3H3,(H,26,29). The Bertz CT molecular complexity index is 916. The number of hydrogen-bond acceptors (Lipinski definition) is 5. The van der Waals surface area contributed by atoms with Crippen molar-refractivity contribution in [2.75, 3.05) is 33.4 Å². The highest BCUT2D eigenvalue weighted by molar-refractivity contribution is 5.77. The highest BCUT2D eigenvalue weighted by atomic mass is 16.5. The molecule has 7 heteroatoms. The Morgan fingerprint density at radius 1 is 1.06 bits per heavy atom. The number of amides is 2. The Balaban J connectivity index is 1.82. The molecule has 1 aliphatic heterocycles. The van der Waals surface area contributed by atoms with Crippen LogP contribution in [0, 0.1) is 0 Å². The smallest absolute Gasteiger partial charge is 0.317 e. The normalized spacial score (nSPS) is 15.0. The molecule has 1 aliphatic rings. The summed E-state index contributed by atoms with van der Waals surface area (Å²) < 4.78 is 16.5. The molecule has 2 amide bonds. The van der Waals surface area contributed by atoms with Crippen LogP contribution in [0.15, 0.2) is 42.5 Å². The summed E-state index contributed by atoms with van der Waals surface area (Å²) in [6, 6.07) is 13.3. The minimum atomic E-state index is -0.433. The fraction of sp³-hybridized carbons (Fsp3) is 0.440. The Morgan fingerprint density at radius 3 is 2.41 bits per heavy atom. The van der Waals surface area contributed by atoms with Crippen molar-refractivity contribution >= 4 is 12.0 Å². The van der Waals surface area contributed by atoms with Crippen molar-refractivity contribution in [2.24, 2.45) is 0 Å². The molecule has 2 aromatic rings. The van der Waals surface area contributed by atoms with Crippen LogP contribution in [0.5, 0.6) is 11.5 Å². The van der Waals surface area contributed by atoms with Crippen LogP contribution in [0.4, 0.5) is 4.79 Å². The number of nitrogens with zero attached hydrogens (tertiary/aromatic N) is 1. The van der Waals surface area contributed by atoms with Gasteiger partial charge in [-0.05, 0) is 55.5 Å². The van der Waals surface area contributed by atoms with Gasteiger partial charge in [-0.3, -0.25) is 4.79 Å². The van der Waals surface area contributed by atoms with Crippen molar-refractivity contribution in [3.63, 3.8) is 0 Å². The number of carbonyl (C=O) groups is 2. The summed E-state index contributed by atoms with van der Waals surface area (Å²) in [5.41, 5.74) is 3.11. The van der Waals surface area contributed by atoms with Crippen LogP contribution in [0.25, 0.3) is 0 Å². The van der Waals surface area contributed by atoms with Crippen molar-refractivity contribution in [2.45, 2.75) is 39.2 Å². The van der Waals surface area contributed by atoms with Crippen LogP contribution in [0.2, 0.25) is 0 Å². The van der Waals surface area contributed by atoms with Gasteiger partial charge in [-0.2, -0.15) is 0 Å². The van der Waals surface area contributed by atoms with Gasteiger partial charge in [0.25, 0.3) is 0 Å². The van der Waals surface area contributed by atoms with Gasteiger partial charge < -0.3 is 24.4 Å². The van der Waals surface area contributed by atoms with Gasteiger partial charge in [-0.1, -0.05) is 30.3 Å². The van der Waals surface area contributed by atoms with E-state index >= 15 is 0 Å². The average Bonchev–Trinajstić information content (AvgIpc) is 2.80. The van der Waals surface area contributed by atoms with E-state index in [2.05, 4.69) is 5.32 Å². The maximum Gasteiger partial charge on any atom is 0.317 e. The van der Waals surface area contributed by atoms with Crippen LogP contribution in [-0.2, 0) is 22.4 Å². The van der Waals surface area contributed by atoms with E-state index in [0.29, 0.717) is 44.2 Å². The molecule has 1 heterocycles. The molecule has 0 aromatic heterocycles. The van der Waals surface area contributed by atoms with Crippen molar-refractivity contribution in [3.8, 4) is 11.5 Å². The molecule has 0 bridgehead atoms. The SMILES string of the molecule is CCOc1cc2c(cc1OCC)C(CC(=O)OC)N(C(=O)NCCc1ccccc1)CC2. The topological polar surface area (TPSA) is 77.1 Å². The zero-order valence-electron chi connectivity index (χ0n) is 19.1. The summed E-state index contributed by atoms with van der Waals surface area (Å²) in [5.74, 6) is 0.941. The van der Waals surface area contributed by atoms with E-state index in [0.717, 1.165) is 23.1 Å². The van der Waals surface area contributed by atoms with E-state index in [1.54, 1.807) is 4.90 Å². The lowest BCUT2D eigenvalue weighted by Gasteiger charge is -2.37. The summed E-state index contributed by atoms with van der Waals surface area (Å²) in [4.78, 5) is 27.0. The third-order valence-electron chi connectivity index (χ3n) is 5.54. The van der Waals surface area contributed by atoms with Gasteiger partial charge in [0.2, 0.25) is 0 Å². The second-order valence-electron chi connectivity index (χ2n) is 7.57. The van der Waals surface area contributed by atoms with Gasteiger partial charge in [0.15, 0.2) is 11.5 Å². The molecule has 0 spiro atoms. The molecule has 1 N–H and O–H groups in total. The maximum atomic E-state index is 13.1. The zero-order valence-corrected chi connectivity index (χ0v) is 19.1. The monoisotopic (exact) mass is 440 g/mol. The first-order valence-electron chi connectivity index (χ1n) is 11.1. The highest BCUT2D eigenvalue weighted by Gasteiger charge is 2.34. The number of rotatable bonds is 9. The van der Waals surface area contributed by atoms with Crippen LogP contribution < -0.4 is 14.8 Å². The largest absolute Gasteiger partial charge is 0.490 e. The van der Waals surface area contributed by atoms with Gasteiger partial charge >= 0.3 is 12.0 Å². The van der Waals surface area contributed by atoms with Gasteiger partial charge in [0.05, 0.1) is 32.8 Å². The van der Waals surface area contributed by atoms with Crippen LogP contribution in [-0.4, -0.2) is 50.3 Å². The number of methoxy groups -OCH3 is 1. The number of benzene rings is 2. The molecule has 0 saturated carbocycles. The van der Waals surface area contributed by atoms with Crippen LogP contribution in [0.3, 0.4) is 0 Å². The Kier molecular flexibility index (Phi) is 8.36. The minimum Gasteiger partial charge on any atom is -0.490 e. The lowest BCUT2D eigenvalue weighted by molar-refractivity contribution is -0.141. The second kappa shape index (κ2) is 11.4. The highest BCUT2D eigenvalue weighted by Crippen LogP contribution is 2.40. The molecule has 172 valence electrons. The fourth-order valence-electron chi connectivity index (χ4n) is 4.01. The lowest BCUT2D eigenvalue weighted by Crippen LogP contribution is -2.46. The number of ether oxygens (including phenoxy) is 3. The molecule has 32 heavy (non-hydrogen) atoms. The number of hydrogen-bond donors (Lipinski definition) is 1. The molecular weight excluding hydrogens is 408 g/mol. The molecule has 0 aliphatic carbocycles. The molecule has 0 saturated heterocycles. The number of nitrogens with one attached hydrogen (secondary N) is 1. The molecule has 3 rings (SSSR count). The first-order chi connectivity index (χ1) is 15.6. The summed E-state index contributed by atoms with van der Waals surface area (Å²) in [6.07, 6.45) is 1.49. The molecule has 2 aromatic carbocycles. The van der Waals surface area contributed by atoms with E-state index in [1.807, 2.05) is 56.3 Å². The van der Waals surface area contributed by atoms with E-state index < -0.39 is 6.04 Å². The summed E-state index contributed by atoms with van der Waals surface area (Å²) in [5, 5.41) is 3.00. The van der Waals surface area contributed by atoms with Crippen LogP contribution >= 0.6 is 0 Å². The third-order valence-corrected chi connectivity index (χ3v) is 5.54. The molecule has 1 atom stereocenters. The first kappa shape index (κ1) is 23.4. The van der Waals surface area contributed by atoms with E-state index in [1.165, 1.54) is 7.11 Å². The van der Waals surface area contributed by atoms with Gasteiger partial charge in [-0.25, -0.2) is 4.79 Å². The number of carbonyl (C=O) groups excluding carboxylic acids is 2. The average molecular weight is 441 g/mol. The van der Waals surface area contributed by atoms with Gasteiger partial charge in [-0.15, -0.1) is 0 Å². The molecular formula is C25H32N2O5. The van der Waals surface area contributed by atoms with Crippen molar-refractivity contribution in [1.29, 1.82) is 0 Å². The number of urea groups is 1. The van der Waals surface area contributed by atoms with Crippen molar-refractivity contribution in [3.05, 3.63) is 59.2 Å². The summed E-state index contributed by atoms with van der Waals surface area (Å²) >= 11 is 0. The third kappa shape index (κ3) is 5.72. The molecule has 0 radical (unpaired) electrons. The Labute approximate surface area is 189 Å². The zero-order chi connectivity index (χ0) is 22.9. The Hall–Kier alpha value is -3.22. The first-order valence-corrected chi connectivity index (χ1v) is 11.1. The van der Waals surface area contributed by atoms with Crippen molar-refractivity contribution in [1.82, 2.24) is 10.2 Å². The van der Waals surface area contributed by atoms with Crippen LogP contribution in [0.1, 0.15) is 43.0 Å². The molecule has 1 unspecified atom stereocenters. The minimum absolute atomic E-state index is 0.0785. The van der Waals surface area contributed by atoms with E-state index in [-0.39, 0.29) is 18.4 Å². The Morgan fingerprint density at radius 2 is 1.75 bits per heavy atom. The predicted molar refractivity (Wildman–Crippen MR) is 122 cm³/mol. The number of esters is 1. The van der Waals surface area contributed by atoms with Crippen molar-refractivity contribution < 1.29 is 23.8 Å². The maximum absolute atomic E-state index is 13.1. The lowest BCUT2D eigenvalue weighted by atomic mass is 9.90. The van der Waals surface area contributed by atoms with E-state index in [4.69, 9.17) is 14.2 Å². The second-order valence-corrected chi connectivity index (χ2v) is 7.57. The molecule has 0 fully saturated rings. The summed E-state index contributed by atoms with van der Waals surface area (Å²) in [6.45, 7) is 5.88. The molecule has 7 nitrogen and oxygen atoms in total. The number of fused-ring (bicyclic) bond motifs is 1.